The number of nitrogens with zero attached hydrogens (tertiary/aromatic N) is 4. The summed E-state index contributed by atoms with van der Waals surface area (Å²) >= 11 is 0. The molecule has 13 rings (SSSR count). The van der Waals surface area contributed by atoms with Crippen molar-refractivity contribution in [1.82, 2.24) is 14.1 Å². The SMILES string of the molecule is C[n+]1[c-]n2c3c(cccc31)C1(c3ccc(Oc4[c-]c5c(cc4)c4ccccc4n5-c4ccccn4)[c-]c3-2)c2c(-c3ccccc3)cccc2C(C)(C)c2cccc(-c3ccccc3)c21.[Pt]. The van der Waals surface area contributed by atoms with Crippen molar-refractivity contribution in [1.29, 1.82) is 0 Å². The maximum atomic E-state index is 6.89. The third kappa shape index (κ3) is 5.49. The van der Waals surface area contributed by atoms with Crippen molar-refractivity contribution >= 4 is 32.8 Å². The predicted molar refractivity (Wildman–Crippen MR) is 254 cm³/mol. The molecule has 0 N–H and O–H groups in total. The second-order valence-corrected chi connectivity index (χ2v) is 17.5. The van der Waals surface area contributed by atoms with Gasteiger partial charge in [0.05, 0.1) is 18.1 Å². The van der Waals surface area contributed by atoms with E-state index in [1.165, 1.54) is 50.1 Å². The van der Waals surface area contributed by atoms with E-state index < -0.39 is 5.41 Å². The van der Waals surface area contributed by atoms with Gasteiger partial charge in [-0.2, -0.15) is 12.1 Å². The second-order valence-electron chi connectivity index (χ2n) is 17.5. The normalized spacial score (nSPS) is 13.9. The molecule has 0 atom stereocenters. The van der Waals surface area contributed by atoms with Gasteiger partial charge in [0, 0.05) is 55.1 Å². The van der Waals surface area contributed by atoms with E-state index in [1.54, 1.807) is 0 Å². The van der Waals surface area contributed by atoms with Crippen LogP contribution in [-0.4, -0.2) is 14.1 Å². The largest absolute Gasteiger partial charge is 0.510 e. The van der Waals surface area contributed by atoms with Gasteiger partial charge in [0.1, 0.15) is 5.82 Å². The molecule has 0 saturated carbocycles. The quantitative estimate of drug-likeness (QED) is 0.127. The van der Waals surface area contributed by atoms with Gasteiger partial charge in [0.25, 0.3) is 0 Å². The molecule has 1 aliphatic heterocycles. The van der Waals surface area contributed by atoms with Crippen molar-refractivity contribution in [2.45, 2.75) is 24.7 Å². The number of benzene rings is 8. The van der Waals surface area contributed by atoms with Gasteiger partial charge < -0.3 is 18.4 Å². The minimum Gasteiger partial charge on any atom is -0.510 e. The molecule has 2 aliphatic rings. The summed E-state index contributed by atoms with van der Waals surface area (Å²) in [6.45, 7) is 4.79. The zero-order valence-electron chi connectivity index (χ0n) is 35.9. The Hall–Kier alpha value is -7.33. The molecule has 0 unspecified atom stereocenters. The first-order valence-electron chi connectivity index (χ1n) is 21.9. The van der Waals surface area contributed by atoms with E-state index in [0.29, 0.717) is 11.5 Å². The van der Waals surface area contributed by atoms with Crippen molar-refractivity contribution in [2.75, 3.05) is 0 Å². The number of hydrogen-bond acceptors (Lipinski definition) is 2. The van der Waals surface area contributed by atoms with Gasteiger partial charge >= 0.3 is 0 Å². The van der Waals surface area contributed by atoms with Crippen LogP contribution in [-0.2, 0) is 38.9 Å². The topological polar surface area (TPSA) is 35.9 Å². The van der Waals surface area contributed by atoms with Gasteiger partial charge in [-0.3, -0.25) is 0 Å². The van der Waals surface area contributed by atoms with E-state index in [9.17, 15) is 0 Å². The van der Waals surface area contributed by atoms with Gasteiger partial charge in [0.15, 0.2) is 0 Å². The first kappa shape index (κ1) is 39.3. The molecule has 0 fully saturated rings. The van der Waals surface area contributed by atoms with Crippen LogP contribution in [0.15, 0.2) is 188 Å². The van der Waals surface area contributed by atoms with Crippen LogP contribution in [0.4, 0.5) is 0 Å². The second kappa shape index (κ2) is 14.6. The average molecular weight is 1020 g/mol. The molecule has 65 heavy (non-hydrogen) atoms. The molecule has 0 amide bonds. The molecule has 8 aromatic carbocycles. The molecular weight excluding hydrogens is 976 g/mol. The summed E-state index contributed by atoms with van der Waals surface area (Å²) in [6.07, 6.45) is 5.54. The number of para-hydroxylation sites is 2. The van der Waals surface area contributed by atoms with Crippen LogP contribution in [0.25, 0.3) is 66.6 Å². The van der Waals surface area contributed by atoms with Crippen LogP contribution >= 0.6 is 0 Å². The van der Waals surface area contributed by atoms with Crippen LogP contribution in [0, 0.1) is 18.5 Å². The van der Waals surface area contributed by atoms with E-state index in [4.69, 9.17) is 9.72 Å². The van der Waals surface area contributed by atoms with E-state index in [1.807, 2.05) is 30.5 Å². The first-order chi connectivity index (χ1) is 31.4. The summed E-state index contributed by atoms with van der Waals surface area (Å²) in [5.74, 6) is 2.01. The fourth-order valence-electron chi connectivity index (χ4n) is 11.2. The maximum absolute atomic E-state index is 6.89. The van der Waals surface area contributed by atoms with Gasteiger partial charge in [-0.25, -0.2) is 4.98 Å². The number of aryl methyl sites for hydroxylation is 1. The zero-order valence-corrected chi connectivity index (χ0v) is 38.2. The van der Waals surface area contributed by atoms with Gasteiger partial charge in [-0.05, 0) is 73.7 Å². The molecule has 1 aliphatic carbocycles. The Balaban J connectivity index is 0.00000444. The molecule has 11 aromatic rings. The van der Waals surface area contributed by atoms with Gasteiger partial charge in [-0.15, -0.1) is 35.2 Å². The smallest absolute Gasteiger partial charge is 0.242 e. The number of imidazole rings is 1. The van der Waals surface area contributed by atoms with Crippen LogP contribution in [0.1, 0.15) is 47.2 Å². The Labute approximate surface area is 392 Å². The number of fused-ring (bicyclic) bond motifs is 11. The maximum Gasteiger partial charge on any atom is 0.242 e. The molecule has 5 nitrogen and oxygen atoms in total. The van der Waals surface area contributed by atoms with Gasteiger partial charge in [0.2, 0.25) is 6.33 Å². The average Bonchev–Trinajstić information content (AvgIpc) is 3.86. The number of rotatable bonds is 5. The molecule has 314 valence electrons. The summed E-state index contributed by atoms with van der Waals surface area (Å²) in [5, 5.41) is 2.22. The number of pyridine rings is 1. The van der Waals surface area contributed by atoms with Crippen molar-refractivity contribution < 1.29 is 30.4 Å². The minimum absolute atomic E-state index is 0. The van der Waals surface area contributed by atoms with Crippen molar-refractivity contribution in [3.8, 4) is 45.3 Å². The van der Waals surface area contributed by atoms with Crippen molar-refractivity contribution in [2.24, 2.45) is 7.05 Å². The zero-order chi connectivity index (χ0) is 42.7. The monoisotopic (exact) mass is 1020 g/mol. The van der Waals surface area contributed by atoms with Crippen LogP contribution in [0.3, 0.4) is 0 Å². The minimum atomic E-state index is -0.785. The molecule has 6 heteroatoms. The molecule has 0 radical (unpaired) electrons. The Bertz CT molecular complexity index is 3590. The molecule has 1 spiro atoms. The van der Waals surface area contributed by atoms with Crippen LogP contribution in [0.5, 0.6) is 11.5 Å². The van der Waals surface area contributed by atoms with Crippen LogP contribution < -0.4 is 9.30 Å². The Morgan fingerprint density at radius 2 is 1.17 bits per heavy atom. The third-order valence-corrected chi connectivity index (χ3v) is 13.8. The Kier molecular flexibility index (Phi) is 8.82. The Morgan fingerprint density at radius 1 is 0.554 bits per heavy atom. The van der Waals surface area contributed by atoms with E-state index in [2.05, 4.69) is 211 Å². The summed E-state index contributed by atoms with van der Waals surface area (Å²) in [4.78, 5) is 4.74. The van der Waals surface area contributed by atoms with Gasteiger partial charge in [-0.1, -0.05) is 165 Å². The standard InChI is InChI=1S/C59H40N4O.Pt/c1-58(2)47-24-14-22-42(38-17-6-4-7-18-38)55(47)59(56-43(23-15-25-48(56)58)39-19-8-5-9-20-39)46-33-31-41(36-53(46)62-37-61(3)51-28-16-26-49(59)57(51)62)64-40-30-32-45-44-21-10-11-27-50(44)63(52(45)35-40)54-29-12-13-34-60-54;/h4-34H,1-3H3;/q-2;. The fourth-order valence-corrected chi connectivity index (χ4v) is 11.2. The summed E-state index contributed by atoms with van der Waals surface area (Å²) in [6, 6.07) is 72.9. The van der Waals surface area contributed by atoms with E-state index in [0.717, 1.165) is 49.9 Å². The van der Waals surface area contributed by atoms with Crippen LogP contribution in [0.2, 0.25) is 0 Å². The Morgan fingerprint density at radius 3 is 1.86 bits per heavy atom. The number of aromatic nitrogens is 4. The first-order valence-corrected chi connectivity index (χ1v) is 21.9. The van der Waals surface area contributed by atoms with Crippen molar-refractivity contribution in [3.63, 3.8) is 0 Å². The molecule has 3 aromatic heterocycles. The molecule has 4 heterocycles. The third-order valence-electron chi connectivity index (χ3n) is 13.8. The van der Waals surface area contributed by atoms with Crippen molar-refractivity contribution in [3.05, 3.63) is 240 Å². The summed E-state index contributed by atoms with van der Waals surface area (Å²) in [7, 11) is 2.09. The van der Waals surface area contributed by atoms with E-state index >= 15 is 0 Å². The fraction of sp³-hybridized carbons (Fsp3) is 0.0847. The van der Waals surface area contributed by atoms with E-state index in [-0.39, 0.29) is 26.5 Å². The predicted octanol–water partition coefficient (Wildman–Crippen LogP) is 12.8. The summed E-state index contributed by atoms with van der Waals surface area (Å²) in [5.41, 5.74) is 16.2. The number of hydrogen-bond donors (Lipinski definition) is 0. The number of ether oxygens (including phenoxy) is 1. The summed E-state index contributed by atoms with van der Waals surface area (Å²) < 4.78 is 13.4. The molecule has 0 bridgehead atoms. The molecular formula is C59H40N4OPt-2. The molecule has 0 saturated heterocycles.